The lowest BCUT2D eigenvalue weighted by atomic mass is 10.3. The quantitative estimate of drug-likeness (QED) is 0.735. The second kappa shape index (κ2) is 3.64. The molecule has 0 aromatic carbocycles. The molecule has 6 nitrogen and oxygen atoms in total. The van der Waals surface area contributed by atoms with Gasteiger partial charge in [0.2, 0.25) is 5.91 Å². The van der Waals surface area contributed by atoms with E-state index in [1.807, 2.05) is 0 Å². The number of hydrogen-bond donors (Lipinski definition) is 2. The summed E-state index contributed by atoms with van der Waals surface area (Å²) in [4.78, 5) is 29.4. The zero-order valence-electron chi connectivity index (χ0n) is 7.75. The van der Waals surface area contributed by atoms with Crippen LogP contribution in [-0.4, -0.2) is 27.0 Å². The first-order valence-corrected chi connectivity index (χ1v) is 4.47. The third-order valence-corrected chi connectivity index (χ3v) is 2.27. The van der Waals surface area contributed by atoms with Crippen LogP contribution in [0, 0.1) is 11.8 Å². The van der Waals surface area contributed by atoms with Crippen molar-refractivity contribution in [3.05, 3.63) is 18.7 Å². The number of amides is 1. The van der Waals surface area contributed by atoms with Crippen LogP contribution in [0.5, 0.6) is 0 Å². The van der Waals surface area contributed by atoms with Crippen molar-refractivity contribution in [2.45, 2.75) is 6.42 Å². The van der Waals surface area contributed by atoms with Gasteiger partial charge in [0, 0.05) is 0 Å². The van der Waals surface area contributed by atoms with E-state index in [0.717, 1.165) is 0 Å². The van der Waals surface area contributed by atoms with Crippen LogP contribution in [0.25, 0.3) is 0 Å². The predicted octanol–water partition coefficient (Wildman–Crippen LogP) is 0.136. The molecule has 0 unspecified atom stereocenters. The second-order valence-electron chi connectivity index (χ2n) is 3.40. The van der Waals surface area contributed by atoms with Crippen LogP contribution in [0.1, 0.15) is 6.42 Å². The van der Waals surface area contributed by atoms with Crippen molar-refractivity contribution in [1.82, 2.24) is 9.97 Å². The minimum absolute atomic E-state index is 0.280. The fourth-order valence-corrected chi connectivity index (χ4v) is 1.36. The van der Waals surface area contributed by atoms with Crippen molar-refractivity contribution in [3.8, 4) is 0 Å². The molecule has 1 fully saturated rings. The highest BCUT2D eigenvalue weighted by molar-refractivity contribution is 5.97. The Kier molecular flexibility index (Phi) is 2.32. The maximum absolute atomic E-state index is 11.5. The van der Waals surface area contributed by atoms with E-state index in [2.05, 4.69) is 15.3 Å². The largest absolute Gasteiger partial charge is 0.481 e. The molecule has 15 heavy (non-hydrogen) atoms. The van der Waals surface area contributed by atoms with E-state index in [-0.39, 0.29) is 5.91 Å². The van der Waals surface area contributed by atoms with Crippen LogP contribution in [0.15, 0.2) is 18.7 Å². The molecule has 1 heterocycles. The Bertz CT molecular complexity index is 393. The van der Waals surface area contributed by atoms with E-state index in [1.165, 1.54) is 18.7 Å². The maximum Gasteiger partial charge on any atom is 0.307 e. The highest BCUT2D eigenvalue weighted by Crippen LogP contribution is 2.39. The fourth-order valence-electron chi connectivity index (χ4n) is 1.36. The number of aliphatic carboxylic acids is 1. The third kappa shape index (κ3) is 2.09. The first-order chi connectivity index (χ1) is 7.18. The standard InChI is InChI=1S/C9H9N3O3/c13-8(6-1-7(6)9(14)15)12-5-2-10-4-11-3-5/h2-4,6-7H,1H2,(H,12,13)(H,14,15)/t6-,7+/m1/s1. The van der Waals surface area contributed by atoms with Gasteiger partial charge in [0.15, 0.2) is 0 Å². The van der Waals surface area contributed by atoms with Crippen LogP contribution >= 0.6 is 0 Å². The number of carboxylic acids is 1. The zero-order valence-corrected chi connectivity index (χ0v) is 7.75. The van der Waals surface area contributed by atoms with Crippen LogP contribution in [-0.2, 0) is 9.59 Å². The normalized spacial score (nSPS) is 23.2. The summed E-state index contributed by atoms with van der Waals surface area (Å²) < 4.78 is 0. The van der Waals surface area contributed by atoms with Gasteiger partial charge in [-0.15, -0.1) is 0 Å². The number of nitrogens with zero attached hydrogens (tertiary/aromatic N) is 2. The van der Waals surface area contributed by atoms with Crippen molar-refractivity contribution in [2.75, 3.05) is 5.32 Å². The van der Waals surface area contributed by atoms with Crippen molar-refractivity contribution in [3.63, 3.8) is 0 Å². The van der Waals surface area contributed by atoms with Gasteiger partial charge in [0.25, 0.3) is 0 Å². The van der Waals surface area contributed by atoms with Crippen molar-refractivity contribution in [1.29, 1.82) is 0 Å². The van der Waals surface area contributed by atoms with E-state index < -0.39 is 17.8 Å². The van der Waals surface area contributed by atoms with Gasteiger partial charge in [-0.1, -0.05) is 0 Å². The average molecular weight is 207 g/mol. The SMILES string of the molecule is O=C(O)[C@H]1C[C@H]1C(=O)Nc1cncnc1. The Hall–Kier alpha value is -1.98. The topological polar surface area (TPSA) is 92.2 Å². The maximum atomic E-state index is 11.5. The van der Waals surface area contributed by atoms with E-state index in [0.29, 0.717) is 12.1 Å². The van der Waals surface area contributed by atoms with Gasteiger partial charge < -0.3 is 10.4 Å². The number of rotatable bonds is 3. The highest BCUT2D eigenvalue weighted by Gasteiger charge is 2.48. The summed E-state index contributed by atoms with van der Waals surface area (Å²) in [6.45, 7) is 0. The van der Waals surface area contributed by atoms with Gasteiger partial charge >= 0.3 is 5.97 Å². The third-order valence-electron chi connectivity index (χ3n) is 2.27. The highest BCUT2D eigenvalue weighted by atomic mass is 16.4. The van der Waals surface area contributed by atoms with Gasteiger partial charge in [0.1, 0.15) is 6.33 Å². The Balaban J connectivity index is 1.92. The summed E-state index contributed by atoms with van der Waals surface area (Å²) >= 11 is 0. The van der Waals surface area contributed by atoms with Gasteiger partial charge in [-0.05, 0) is 6.42 Å². The van der Waals surface area contributed by atoms with Crippen LogP contribution in [0.2, 0.25) is 0 Å². The molecule has 6 heteroatoms. The van der Waals surface area contributed by atoms with Gasteiger partial charge in [-0.25, -0.2) is 9.97 Å². The molecule has 0 saturated heterocycles. The lowest BCUT2D eigenvalue weighted by molar-refractivity contribution is -0.139. The molecule has 1 aromatic rings. The number of hydrogen-bond acceptors (Lipinski definition) is 4. The summed E-state index contributed by atoms with van der Waals surface area (Å²) in [6.07, 6.45) is 4.69. The monoisotopic (exact) mass is 207 g/mol. The molecule has 0 bridgehead atoms. The van der Waals surface area contributed by atoms with Crippen molar-refractivity contribution >= 4 is 17.6 Å². The van der Waals surface area contributed by atoms with Crippen molar-refractivity contribution < 1.29 is 14.7 Å². The van der Waals surface area contributed by atoms with E-state index in [4.69, 9.17) is 5.11 Å². The molecule has 1 saturated carbocycles. The Morgan fingerprint density at radius 1 is 1.33 bits per heavy atom. The smallest absolute Gasteiger partial charge is 0.307 e. The number of anilines is 1. The molecule has 2 rings (SSSR count). The second-order valence-corrected chi connectivity index (χ2v) is 3.40. The summed E-state index contributed by atoms with van der Waals surface area (Å²) in [7, 11) is 0. The van der Waals surface area contributed by atoms with Gasteiger partial charge in [-0.3, -0.25) is 9.59 Å². The molecule has 0 spiro atoms. The lowest BCUT2D eigenvalue weighted by Crippen LogP contribution is -2.16. The molecule has 78 valence electrons. The first kappa shape index (κ1) is 9.57. The number of carboxylic acid groups (broad SMARTS) is 1. The number of carbonyl (C=O) groups excluding carboxylic acids is 1. The Labute approximate surface area is 85.4 Å². The molecule has 0 radical (unpaired) electrons. The average Bonchev–Trinajstić information content (AvgIpc) is 2.98. The molecule has 1 aromatic heterocycles. The first-order valence-electron chi connectivity index (χ1n) is 4.47. The zero-order chi connectivity index (χ0) is 10.8. The van der Waals surface area contributed by atoms with Crippen LogP contribution in [0.4, 0.5) is 5.69 Å². The molecule has 1 amide bonds. The Morgan fingerprint density at radius 2 is 2.00 bits per heavy atom. The van der Waals surface area contributed by atoms with E-state index in [9.17, 15) is 9.59 Å². The minimum atomic E-state index is -0.917. The molecule has 0 aliphatic heterocycles. The number of carbonyl (C=O) groups is 2. The Morgan fingerprint density at radius 3 is 2.53 bits per heavy atom. The summed E-state index contributed by atoms with van der Waals surface area (Å²) in [6, 6.07) is 0. The van der Waals surface area contributed by atoms with Gasteiger partial charge in [-0.2, -0.15) is 0 Å². The molecule has 1 aliphatic rings. The van der Waals surface area contributed by atoms with Gasteiger partial charge in [0.05, 0.1) is 29.9 Å². The lowest BCUT2D eigenvalue weighted by Gasteiger charge is -2.01. The summed E-state index contributed by atoms with van der Waals surface area (Å²) in [5.74, 6) is -2.14. The minimum Gasteiger partial charge on any atom is -0.481 e. The molecular weight excluding hydrogens is 198 g/mol. The van der Waals surface area contributed by atoms with Crippen LogP contribution in [0.3, 0.4) is 0 Å². The van der Waals surface area contributed by atoms with E-state index >= 15 is 0 Å². The van der Waals surface area contributed by atoms with Crippen LogP contribution < -0.4 is 5.32 Å². The fraction of sp³-hybridized carbons (Fsp3) is 0.333. The number of nitrogens with one attached hydrogen (secondary N) is 1. The van der Waals surface area contributed by atoms with Crippen molar-refractivity contribution in [2.24, 2.45) is 11.8 Å². The molecular formula is C9H9N3O3. The molecule has 2 N–H and O–H groups in total. The molecule has 2 atom stereocenters. The van der Waals surface area contributed by atoms with E-state index in [1.54, 1.807) is 0 Å². The predicted molar refractivity (Wildman–Crippen MR) is 49.9 cm³/mol. The molecule has 1 aliphatic carbocycles. The number of aromatic nitrogens is 2. The summed E-state index contributed by atoms with van der Waals surface area (Å²) in [5, 5.41) is 11.2. The summed E-state index contributed by atoms with van der Waals surface area (Å²) in [5.41, 5.74) is 0.485.